The molecule has 6 heteroatoms. The van der Waals surface area contributed by atoms with Gasteiger partial charge in [0, 0.05) is 48.7 Å². The predicted octanol–water partition coefficient (Wildman–Crippen LogP) is 6.79. The lowest BCUT2D eigenvalue weighted by Gasteiger charge is -2.36. The summed E-state index contributed by atoms with van der Waals surface area (Å²) in [6.45, 7) is 11.1. The summed E-state index contributed by atoms with van der Waals surface area (Å²) >= 11 is 6.25. The van der Waals surface area contributed by atoms with E-state index >= 15 is 0 Å². The Kier molecular flexibility index (Phi) is 7.87. The van der Waals surface area contributed by atoms with Crippen molar-refractivity contribution in [2.45, 2.75) is 70.8 Å². The number of piperidine rings is 1. The minimum atomic E-state index is -0.591. The third kappa shape index (κ3) is 5.72. The quantitative estimate of drug-likeness (QED) is 0.449. The average Bonchev–Trinajstić information content (AvgIpc) is 3.25. The fourth-order valence-electron chi connectivity index (χ4n) is 5.82. The first-order valence-corrected chi connectivity index (χ1v) is 13.2. The van der Waals surface area contributed by atoms with Gasteiger partial charge in [0.05, 0.1) is 5.92 Å². The zero-order valence-electron chi connectivity index (χ0n) is 21.3. The van der Waals surface area contributed by atoms with Gasteiger partial charge in [0.25, 0.3) is 0 Å². The highest BCUT2D eigenvalue weighted by molar-refractivity contribution is 6.30. The number of likely N-dealkylation sites (tertiary alicyclic amines) is 2. The molecule has 2 atom stereocenters. The van der Waals surface area contributed by atoms with Crippen molar-refractivity contribution in [2.75, 3.05) is 26.2 Å². The molecule has 0 radical (unpaired) electrons. The van der Waals surface area contributed by atoms with E-state index in [0.717, 1.165) is 36.8 Å². The number of carbonyl (C=O) groups is 1. The standard InChI is InChI=1S/C29H37ClF2N2O/c1-5-6-20-15-21(30)7-9-23(20)19-11-13-33(14-12-19)28(35)26-18-34(29(2,3)4)17-25(26)24-10-8-22(31)16-27(24)32/h7-10,15-16,19,25-26H,5-6,11-14,17-18H2,1-4H3/t25-,26+/m0/s1. The van der Waals surface area contributed by atoms with Gasteiger partial charge in [-0.15, -0.1) is 0 Å². The Morgan fingerprint density at radius 2 is 1.71 bits per heavy atom. The van der Waals surface area contributed by atoms with Crippen molar-refractivity contribution in [3.8, 4) is 0 Å². The molecule has 2 saturated heterocycles. The van der Waals surface area contributed by atoms with E-state index in [1.165, 1.54) is 23.3 Å². The smallest absolute Gasteiger partial charge is 0.227 e. The zero-order chi connectivity index (χ0) is 25.3. The van der Waals surface area contributed by atoms with Gasteiger partial charge < -0.3 is 4.90 Å². The van der Waals surface area contributed by atoms with Gasteiger partial charge in [-0.1, -0.05) is 37.1 Å². The van der Waals surface area contributed by atoms with Gasteiger partial charge >= 0.3 is 0 Å². The molecule has 0 aliphatic carbocycles. The predicted molar refractivity (Wildman–Crippen MR) is 138 cm³/mol. The first kappa shape index (κ1) is 26.1. The molecule has 0 unspecified atom stereocenters. The maximum absolute atomic E-state index is 14.8. The molecule has 2 aliphatic heterocycles. The molecule has 0 N–H and O–H groups in total. The van der Waals surface area contributed by atoms with Gasteiger partial charge in [0.1, 0.15) is 11.6 Å². The van der Waals surface area contributed by atoms with Crippen LogP contribution in [0.25, 0.3) is 0 Å². The zero-order valence-corrected chi connectivity index (χ0v) is 22.0. The van der Waals surface area contributed by atoms with Crippen LogP contribution in [0.15, 0.2) is 36.4 Å². The normalized spacial score (nSPS) is 22.1. The Morgan fingerprint density at radius 3 is 2.34 bits per heavy atom. The van der Waals surface area contributed by atoms with Crippen LogP contribution in [0.4, 0.5) is 8.78 Å². The monoisotopic (exact) mass is 502 g/mol. The van der Waals surface area contributed by atoms with Crippen LogP contribution in [0.5, 0.6) is 0 Å². The molecule has 0 spiro atoms. The van der Waals surface area contributed by atoms with Crippen LogP contribution in [-0.4, -0.2) is 47.4 Å². The van der Waals surface area contributed by atoms with Crippen LogP contribution >= 0.6 is 11.6 Å². The van der Waals surface area contributed by atoms with Gasteiger partial charge in [-0.05, 0) is 80.8 Å². The molecule has 2 aliphatic rings. The number of rotatable bonds is 5. The summed E-state index contributed by atoms with van der Waals surface area (Å²) in [5.41, 5.74) is 2.97. The molecule has 35 heavy (non-hydrogen) atoms. The Labute approximate surface area is 213 Å². The highest BCUT2D eigenvalue weighted by atomic mass is 35.5. The number of nitrogens with zero attached hydrogens (tertiary/aromatic N) is 2. The second kappa shape index (κ2) is 10.6. The Hall–Kier alpha value is -1.98. The highest BCUT2D eigenvalue weighted by Crippen LogP contribution is 2.40. The van der Waals surface area contributed by atoms with Gasteiger partial charge in [0.15, 0.2) is 0 Å². The first-order chi connectivity index (χ1) is 16.6. The molecule has 4 rings (SSSR count). The fourth-order valence-corrected chi connectivity index (χ4v) is 6.02. The van der Waals surface area contributed by atoms with Gasteiger partial charge in [-0.2, -0.15) is 0 Å². The van der Waals surface area contributed by atoms with Crippen molar-refractivity contribution in [3.05, 3.63) is 69.7 Å². The highest BCUT2D eigenvalue weighted by Gasteiger charge is 2.44. The lowest BCUT2D eigenvalue weighted by molar-refractivity contribution is -0.136. The Balaban J connectivity index is 1.51. The van der Waals surface area contributed by atoms with Crippen molar-refractivity contribution < 1.29 is 13.6 Å². The van der Waals surface area contributed by atoms with Crippen molar-refractivity contribution in [1.29, 1.82) is 0 Å². The van der Waals surface area contributed by atoms with Crippen molar-refractivity contribution >= 4 is 17.5 Å². The van der Waals surface area contributed by atoms with E-state index in [9.17, 15) is 13.6 Å². The largest absolute Gasteiger partial charge is 0.342 e. The summed E-state index contributed by atoms with van der Waals surface area (Å²) in [6, 6.07) is 9.95. The number of hydrogen-bond acceptors (Lipinski definition) is 2. The average molecular weight is 503 g/mol. The van der Waals surface area contributed by atoms with E-state index in [1.54, 1.807) is 0 Å². The van der Waals surface area contributed by atoms with Gasteiger partial charge in [0.2, 0.25) is 5.91 Å². The summed E-state index contributed by atoms with van der Waals surface area (Å²) in [5.74, 6) is -1.27. The van der Waals surface area contributed by atoms with E-state index in [1.807, 2.05) is 11.0 Å². The summed E-state index contributed by atoms with van der Waals surface area (Å²) in [5, 5.41) is 0.772. The molecule has 2 aromatic rings. The molecule has 2 heterocycles. The molecule has 2 fully saturated rings. The van der Waals surface area contributed by atoms with E-state index in [-0.39, 0.29) is 23.3 Å². The molecule has 0 bridgehead atoms. The number of amides is 1. The maximum Gasteiger partial charge on any atom is 0.227 e. The third-order valence-corrected chi connectivity index (χ3v) is 8.05. The molecule has 0 saturated carbocycles. The molecular formula is C29H37ClF2N2O. The third-order valence-electron chi connectivity index (χ3n) is 7.82. The summed E-state index contributed by atoms with van der Waals surface area (Å²) < 4.78 is 28.4. The number of benzene rings is 2. The van der Waals surface area contributed by atoms with Crippen molar-refractivity contribution in [1.82, 2.24) is 9.80 Å². The topological polar surface area (TPSA) is 23.6 Å². The number of hydrogen-bond donors (Lipinski definition) is 0. The number of carbonyl (C=O) groups excluding carboxylic acids is 1. The number of aryl methyl sites for hydroxylation is 1. The van der Waals surface area contributed by atoms with Gasteiger partial charge in [-0.25, -0.2) is 8.78 Å². The first-order valence-electron chi connectivity index (χ1n) is 12.9. The SMILES string of the molecule is CCCc1cc(Cl)ccc1C1CCN(C(=O)[C@@H]2CN(C(C)(C)C)C[C@H]2c2ccc(F)cc2F)CC1. The van der Waals surface area contributed by atoms with E-state index in [4.69, 9.17) is 11.6 Å². The molecule has 3 nitrogen and oxygen atoms in total. The molecule has 2 aromatic carbocycles. The fraction of sp³-hybridized carbons (Fsp3) is 0.552. The molecule has 1 amide bonds. The molecular weight excluding hydrogens is 466 g/mol. The lowest BCUT2D eigenvalue weighted by Crippen LogP contribution is -2.44. The van der Waals surface area contributed by atoms with E-state index < -0.39 is 11.6 Å². The lowest BCUT2D eigenvalue weighted by atomic mass is 9.84. The minimum absolute atomic E-state index is 0.0915. The maximum atomic E-state index is 14.8. The summed E-state index contributed by atoms with van der Waals surface area (Å²) in [6.07, 6.45) is 3.90. The van der Waals surface area contributed by atoms with Crippen LogP contribution in [0.2, 0.25) is 5.02 Å². The molecule has 0 aromatic heterocycles. The summed E-state index contributed by atoms with van der Waals surface area (Å²) in [7, 11) is 0. The molecule has 190 valence electrons. The van der Waals surface area contributed by atoms with Crippen LogP contribution < -0.4 is 0 Å². The van der Waals surface area contributed by atoms with Gasteiger partial charge in [-0.3, -0.25) is 9.69 Å². The van der Waals surface area contributed by atoms with Crippen LogP contribution in [0.1, 0.15) is 75.5 Å². The Bertz CT molecular complexity index is 1060. The Morgan fingerprint density at radius 1 is 1.03 bits per heavy atom. The summed E-state index contributed by atoms with van der Waals surface area (Å²) in [4.78, 5) is 18.0. The minimum Gasteiger partial charge on any atom is -0.342 e. The van der Waals surface area contributed by atoms with Crippen LogP contribution in [0, 0.1) is 17.6 Å². The second-order valence-corrected chi connectivity index (χ2v) is 11.6. The number of halogens is 3. The van der Waals surface area contributed by atoms with Crippen molar-refractivity contribution in [2.24, 2.45) is 5.92 Å². The van der Waals surface area contributed by atoms with Crippen molar-refractivity contribution in [3.63, 3.8) is 0 Å². The van der Waals surface area contributed by atoms with E-state index in [0.29, 0.717) is 37.7 Å². The van der Waals surface area contributed by atoms with Crippen LogP contribution in [0.3, 0.4) is 0 Å². The van der Waals surface area contributed by atoms with E-state index in [2.05, 4.69) is 44.7 Å². The second-order valence-electron chi connectivity index (χ2n) is 11.1. The van der Waals surface area contributed by atoms with Crippen LogP contribution in [-0.2, 0) is 11.2 Å².